The highest BCUT2D eigenvalue weighted by Crippen LogP contribution is 2.23. The quantitative estimate of drug-likeness (QED) is 0.695. The number of carbonyl (C=O) groups is 1. The molecule has 2 heterocycles. The molecule has 3 aromatic rings. The number of rotatable bonds is 4. The summed E-state index contributed by atoms with van der Waals surface area (Å²) in [6, 6.07) is 10.5. The molecule has 0 unspecified atom stereocenters. The number of benzene rings is 1. The van der Waals surface area contributed by atoms with Crippen LogP contribution in [0.1, 0.15) is 17.4 Å². The van der Waals surface area contributed by atoms with Gasteiger partial charge in [0.15, 0.2) is 0 Å². The zero-order valence-corrected chi connectivity index (χ0v) is 14.3. The number of amides is 1. The summed E-state index contributed by atoms with van der Waals surface area (Å²) >= 11 is 11.8. The second-order valence-corrected chi connectivity index (χ2v) is 5.83. The van der Waals surface area contributed by atoms with Gasteiger partial charge in [-0.15, -0.1) is 0 Å². The molecule has 3 rings (SSSR count). The summed E-state index contributed by atoms with van der Waals surface area (Å²) < 4.78 is 2.02. The van der Waals surface area contributed by atoms with Crippen molar-refractivity contribution in [2.24, 2.45) is 0 Å². The maximum Gasteiger partial charge on any atom is 0.275 e. The number of aromatic nitrogens is 3. The van der Waals surface area contributed by atoms with Gasteiger partial charge in [-0.1, -0.05) is 35.3 Å². The molecule has 0 spiro atoms. The van der Waals surface area contributed by atoms with Crippen LogP contribution in [0, 0.1) is 0 Å². The van der Waals surface area contributed by atoms with Gasteiger partial charge in [-0.25, -0.2) is 9.97 Å². The van der Waals surface area contributed by atoms with E-state index in [0.29, 0.717) is 5.69 Å². The Balaban J connectivity index is 1.87. The van der Waals surface area contributed by atoms with Gasteiger partial charge in [0.1, 0.15) is 16.7 Å². The maximum absolute atomic E-state index is 12.4. The second kappa shape index (κ2) is 7.03. The molecule has 0 saturated heterocycles. The Morgan fingerprint density at radius 2 is 2.08 bits per heavy atom. The third kappa shape index (κ3) is 3.42. The standard InChI is InChI=1S/C17H14Cl2N4O/c1-2-23-9-8-20-16(23)11-4-3-5-12(10-11)21-17(24)15-13(18)6-7-14(19)22-15/h3-10H,2H2,1H3,(H,21,24). The lowest BCUT2D eigenvalue weighted by Crippen LogP contribution is -2.14. The van der Waals surface area contributed by atoms with E-state index in [0.717, 1.165) is 17.9 Å². The van der Waals surface area contributed by atoms with E-state index in [1.54, 1.807) is 18.3 Å². The topological polar surface area (TPSA) is 59.8 Å². The molecule has 0 bridgehead atoms. The first-order chi connectivity index (χ1) is 11.6. The highest BCUT2D eigenvalue weighted by atomic mass is 35.5. The first-order valence-corrected chi connectivity index (χ1v) is 8.09. The Kier molecular flexibility index (Phi) is 4.83. The SMILES string of the molecule is CCn1ccnc1-c1cccc(NC(=O)c2nc(Cl)ccc2Cl)c1. The van der Waals surface area contributed by atoms with E-state index < -0.39 is 5.91 Å². The number of nitrogens with zero attached hydrogens (tertiary/aromatic N) is 3. The molecule has 24 heavy (non-hydrogen) atoms. The van der Waals surface area contributed by atoms with Crippen LogP contribution in [0.15, 0.2) is 48.8 Å². The van der Waals surface area contributed by atoms with E-state index in [1.807, 2.05) is 35.9 Å². The zero-order chi connectivity index (χ0) is 17.1. The monoisotopic (exact) mass is 360 g/mol. The molecule has 0 aliphatic rings. The van der Waals surface area contributed by atoms with Crippen LogP contribution < -0.4 is 5.32 Å². The molecule has 1 aromatic carbocycles. The second-order valence-electron chi connectivity index (χ2n) is 5.04. The van der Waals surface area contributed by atoms with Crippen LogP contribution >= 0.6 is 23.2 Å². The van der Waals surface area contributed by atoms with Gasteiger partial charge in [0, 0.05) is 30.2 Å². The molecule has 0 radical (unpaired) electrons. The summed E-state index contributed by atoms with van der Waals surface area (Å²) in [6.45, 7) is 2.86. The molecule has 2 aromatic heterocycles. The lowest BCUT2D eigenvalue weighted by atomic mass is 10.2. The molecule has 5 nitrogen and oxygen atoms in total. The minimum Gasteiger partial charge on any atom is -0.331 e. The Hall–Kier alpha value is -2.37. The van der Waals surface area contributed by atoms with Crippen LogP contribution in [-0.4, -0.2) is 20.4 Å². The van der Waals surface area contributed by atoms with Crippen molar-refractivity contribution in [3.05, 3.63) is 64.7 Å². The first-order valence-electron chi connectivity index (χ1n) is 7.33. The lowest BCUT2D eigenvalue weighted by molar-refractivity contribution is 0.102. The van der Waals surface area contributed by atoms with Crippen LogP contribution in [0.4, 0.5) is 5.69 Å². The average Bonchev–Trinajstić information content (AvgIpc) is 3.06. The fourth-order valence-corrected chi connectivity index (χ4v) is 2.67. The largest absolute Gasteiger partial charge is 0.331 e. The summed E-state index contributed by atoms with van der Waals surface area (Å²) in [4.78, 5) is 20.7. The summed E-state index contributed by atoms with van der Waals surface area (Å²) in [5, 5.41) is 3.24. The number of nitrogens with one attached hydrogen (secondary N) is 1. The summed E-state index contributed by atoms with van der Waals surface area (Å²) in [6.07, 6.45) is 3.66. The molecule has 0 atom stereocenters. The molecule has 1 N–H and O–H groups in total. The van der Waals surface area contributed by atoms with Crippen LogP contribution in [0.5, 0.6) is 0 Å². The maximum atomic E-state index is 12.4. The first kappa shape index (κ1) is 16.5. The van der Waals surface area contributed by atoms with Gasteiger partial charge in [0.05, 0.1) is 5.02 Å². The van der Waals surface area contributed by atoms with E-state index in [1.165, 1.54) is 6.07 Å². The fraction of sp³-hybridized carbons (Fsp3) is 0.118. The van der Waals surface area contributed by atoms with Crippen molar-refractivity contribution in [2.45, 2.75) is 13.5 Å². The fourth-order valence-electron chi connectivity index (χ4n) is 2.33. The van der Waals surface area contributed by atoms with E-state index in [2.05, 4.69) is 15.3 Å². The number of hydrogen-bond donors (Lipinski definition) is 1. The number of halogens is 2. The number of anilines is 1. The van der Waals surface area contributed by atoms with Crippen LogP contribution in [0.2, 0.25) is 10.2 Å². The molecule has 7 heteroatoms. The number of hydrogen-bond acceptors (Lipinski definition) is 3. The van der Waals surface area contributed by atoms with Gasteiger partial charge < -0.3 is 9.88 Å². The molecule has 122 valence electrons. The van der Waals surface area contributed by atoms with Gasteiger partial charge in [-0.3, -0.25) is 4.79 Å². The summed E-state index contributed by atoms with van der Waals surface area (Å²) in [7, 11) is 0. The molecule has 1 amide bonds. The Morgan fingerprint density at radius 1 is 1.25 bits per heavy atom. The van der Waals surface area contributed by atoms with Crippen molar-refractivity contribution in [3.8, 4) is 11.4 Å². The van der Waals surface area contributed by atoms with Crippen molar-refractivity contribution >= 4 is 34.8 Å². The molecular weight excluding hydrogens is 347 g/mol. The summed E-state index contributed by atoms with van der Waals surface area (Å²) in [5.74, 6) is 0.422. The van der Waals surface area contributed by atoms with E-state index in [-0.39, 0.29) is 15.9 Å². The van der Waals surface area contributed by atoms with Crippen LogP contribution in [0.3, 0.4) is 0 Å². The predicted molar refractivity (Wildman–Crippen MR) is 95.5 cm³/mol. The van der Waals surface area contributed by atoms with Gasteiger partial charge in [-0.05, 0) is 31.2 Å². The Bertz CT molecular complexity index is 892. The highest BCUT2D eigenvalue weighted by molar-refractivity contribution is 6.35. The summed E-state index contributed by atoms with van der Waals surface area (Å²) in [5.41, 5.74) is 1.62. The molecule has 0 saturated carbocycles. The third-order valence-electron chi connectivity index (χ3n) is 3.46. The molecule has 0 fully saturated rings. The van der Waals surface area contributed by atoms with Crippen molar-refractivity contribution in [3.63, 3.8) is 0 Å². The van der Waals surface area contributed by atoms with E-state index >= 15 is 0 Å². The molecular formula is C17H14Cl2N4O. The number of imidazole rings is 1. The predicted octanol–water partition coefficient (Wildman–Crippen LogP) is 4.52. The number of pyridine rings is 1. The highest BCUT2D eigenvalue weighted by Gasteiger charge is 2.14. The van der Waals surface area contributed by atoms with Crippen molar-refractivity contribution in [2.75, 3.05) is 5.32 Å². The average molecular weight is 361 g/mol. The van der Waals surface area contributed by atoms with Gasteiger partial charge in [-0.2, -0.15) is 0 Å². The van der Waals surface area contributed by atoms with Crippen LogP contribution in [-0.2, 0) is 6.54 Å². The normalized spacial score (nSPS) is 10.6. The van der Waals surface area contributed by atoms with Gasteiger partial charge in [0.2, 0.25) is 0 Å². The minimum absolute atomic E-state index is 0.0876. The lowest BCUT2D eigenvalue weighted by Gasteiger charge is -2.09. The zero-order valence-electron chi connectivity index (χ0n) is 12.8. The molecule has 0 aliphatic carbocycles. The molecule has 0 aliphatic heterocycles. The number of aryl methyl sites for hydroxylation is 1. The Morgan fingerprint density at radius 3 is 2.88 bits per heavy atom. The minimum atomic E-state index is -0.418. The van der Waals surface area contributed by atoms with Crippen molar-refractivity contribution in [1.29, 1.82) is 0 Å². The van der Waals surface area contributed by atoms with Crippen molar-refractivity contribution in [1.82, 2.24) is 14.5 Å². The van der Waals surface area contributed by atoms with Crippen LogP contribution in [0.25, 0.3) is 11.4 Å². The van der Waals surface area contributed by atoms with Crippen molar-refractivity contribution < 1.29 is 4.79 Å². The Labute approximate surface area is 149 Å². The van der Waals surface area contributed by atoms with E-state index in [4.69, 9.17) is 23.2 Å². The van der Waals surface area contributed by atoms with Gasteiger partial charge in [0.25, 0.3) is 5.91 Å². The van der Waals surface area contributed by atoms with E-state index in [9.17, 15) is 4.79 Å². The third-order valence-corrected chi connectivity index (χ3v) is 3.98. The number of carbonyl (C=O) groups excluding carboxylic acids is 1. The smallest absolute Gasteiger partial charge is 0.275 e. The van der Waals surface area contributed by atoms with Gasteiger partial charge >= 0.3 is 0 Å².